The smallest absolute Gasteiger partial charge is 0.307 e. The number of benzene rings is 2. The zero-order chi connectivity index (χ0) is 14.7. The first-order chi connectivity index (χ1) is 10.2. The minimum atomic E-state index is -0.281. The van der Waals surface area contributed by atoms with Crippen molar-refractivity contribution in [1.29, 1.82) is 0 Å². The Labute approximate surface area is 122 Å². The summed E-state index contributed by atoms with van der Waals surface area (Å²) in [5.41, 5.74) is 2.36. The van der Waals surface area contributed by atoms with Crippen LogP contribution < -0.4 is 10.6 Å². The second-order valence-corrected chi connectivity index (χ2v) is 4.79. The monoisotopic (exact) mass is 277 g/mol. The quantitative estimate of drug-likeness (QED) is 0.738. The van der Waals surface area contributed by atoms with Gasteiger partial charge in [0.1, 0.15) is 0 Å². The summed E-state index contributed by atoms with van der Waals surface area (Å²) in [7, 11) is 0. The van der Waals surface area contributed by atoms with Crippen LogP contribution in [-0.4, -0.2) is 11.0 Å². The van der Waals surface area contributed by atoms with Crippen molar-refractivity contribution in [2.24, 2.45) is 0 Å². The lowest BCUT2D eigenvalue weighted by Gasteiger charge is -2.10. The maximum atomic E-state index is 12.1. The number of pyridine rings is 1. The van der Waals surface area contributed by atoms with Crippen LogP contribution in [0.25, 0.3) is 10.8 Å². The molecule has 0 aliphatic rings. The van der Waals surface area contributed by atoms with E-state index in [4.69, 9.17) is 0 Å². The van der Waals surface area contributed by atoms with Crippen LogP contribution in [0.3, 0.4) is 0 Å². The molecule has 3 aromatic rings. The number of nitrogens with zero attached hydrogens (tertiary/aromatic N) is 1. The third kappa shape index (κ3) is 3.00. The van der Waals surface area contributed by atoms with E-state index in [2.05, 4.69) is 15.6 Å². The van der Waals surface area contributed by atoms with Crippen molar-refractivity contribution in [3.05, 3.63) is 66.5 Å². The molecule has 104 valence electrons. The number of aromatic nitrogens is 1. The summed E-state index contributed by atoms with van der Waals surface area (Å²) in [5.74, 6) is 0. The van der Waals surface area contributed by atoms with Gasteiger partial charge in [-0.15, -0.1) is 0 Å². The van der Waals surface area contributed by atoms with Crippen LogP contribution in [-0.2, 0) is 0 Å². The molecular weight excluding hydrogens is 262 g/mol. The number of amides is 2. The van der Waals surface area contributed by atoms with Crippen LogP contribution >= 0.6 is 0 Å². The number of hydrogen-bond acceptors (Lipinski definition) is 2. The molecule has 1 aromatic heterocycles. The highest BCUT2D eigenvalue weighted by molar-refractivity contribution is 6.06. The van der Waals surface area contributed by atoms with Gasteiger partial charge >= 0.3 is 6.03 Å². The zero-order valence-electron chi connectivity index (χ0n) is 11.6. The van der Waals surface area contributed by atoms with Crippen molar-refractivity contribution >= 4 is 28.2 Å². The van der Waals surface area contributed by atoms with Crippen molar-refractivity contribution in [2.45, 2.75) is 6.92 Å². The first-order valence-electron chi connectivity index (χ1n) is 6.71. The average molecular weight is 277 g/mol. The third-order valence-corrected chi connectivity index (χ3v) is 3.21. The topological polar surface area (TPSA) is 54.0 Å². The number of aryl methyl sites for hydroxylation is 1. The van der Waals surface area contributed by atoms with Gasteiger partial charge in [-0.1, -0.05) is 36.4 Å². The molecule has 2 N–H and O–H groups in total. The summed E-state index contributed by atoms with van der Waals surface area (Å²) in [5, 5.41) is 7.74. The molecular formula is C17H15N3O. The highest BCUT2D eigenvalue weighted by atomic mass is 16.2. The predicted octanol–water partition coefficient (Wildman–Crippen LogP) is 4.19. The molecule has 0 fully saturated rings. The van der Waals surface area contributed by atoms with Gasteiger partial charge in [-0.25, -0.2) is 4.79 Å². The van der Waals surface area contributed by atoms with E-state index >= 15 is 0 Å². The SMILES string of the molecule is Cc1ccc(NC(=O)Nc2cccc3ccccc23)cn1. The summed E-state index contributed by atoms with van der Waals surface area (Å²) < 4.78 is 0. The van der Waals surface area contributed by atoms with Crippen molar-refractivity contribution in [3.8, 4) is 0 Å². The molecule has 0 atom stereocenters. The van der Waals surface area contributed by atoms with E-state index in [9.17, 15) is 4.79 Å². The molecule has 1 heterocycles. The number of fused-ring (bicyclic) bond motifs is 1. The minimum Gasteiger partial charge on any atom is -0.307 e. The summed E-state index contributed by atoms with van der Waals surface area (Å²) in [6.45, 7) is 1.90. The van der Waals surface area contributed by atoms with Gasteiger partial charge in [-0.05, 0) is 30.5 Å². The minimum absolute atomic E-state index is 0.281. The molecule has 4 heteroatoms. The lowest BCUT2D eigenvalue weighted by Crippen LogP contribution is -2.19. The van der Waals surface area contributed by atoms with Gasteiger partial charge in [0.2, 0.25) is 0 Å². The molecule has 21 heavy (non-hydrogen) atoms. The largest absolute Gasteiger partial charge is 0.323 e. The van der Waals surface area contributed by atoms with Crippen molar-refractivity contribution in [2.75, 3.05) is 10.6 Å². The van der Waals surface area contributed by atoms with E-state index in [0.717, 1.165) is 22.2 Å². The van der Waals surface area contributed by atoms with Gasteiger partial charge in [-0.3, -0.25) is 4.98 Å². The number of hydrogen-bond donors (Lipinski definition) is 2. The molecule has 0 aliphatic heterocycles. The van der Waals surface area contributed by atoms with E-state index in [1.165, 1.54) is 0 Å². The van der Waals surface area contributed by atoms with Crippen molar-refractivity contribution in [3.63, 3.8) is 0 Å². The molecule has 0 saturated heterocycles. The molecule has 4 nitrogen and oxygen atoms in total. The first kappa shape index (κ1) is 13.1. The summed E-state index contributed by atoms with van der Waals surface area (Å²) >= 11 is 0. The number of anilines is 2. The molecule has 0 saturated carbocycles. The van der Waals surface area contributed by atoms with Gasteiger partial charge in [-0.2, -0.15) is 0 Å². The van der Waals surface area contributed by atoms with Crippen LogP contribution in [0.5, 0.6) is 0 Å². The first-order valence-corrected chi connectivity index (χ1v) is 6.71. The van der Waals surface area contributed by atoms with Gasteiger partial charge in [0, 0.05) is 11.1 Å². The maximum absolute atomic E-state index is 12.1. The van der Waals surface area contributed by atoms with Crippen LogP contribution in [0.2, 0.25) is 0 Å². The normalized spacial score (nSPS) is 10.3. The predicted molar refractivity (Wildman–Crippen MR) is 85.6 cm³/mol. The lowest BCUT2D eigenvalue weighted by atomic mass is 10.1. The molecule has 2 aromatic carbocycles. The molecule has 0 bridgehead atoms. The number of nitrogens with one attached hydrogen (secondary N) is 2. The highest BCUT2D eigenvalue weighted by Gasteiger charge is 2.05. The maximum Gasteiger partial charge on any atom is 0.323 e. The summed E-state index contributed by atoms with van der Waals surface area (Å²) in [4.78, 5) is 16.2. The second kappa shape index (κ2) is 5.63. The van der Waals surface area contributed by atoms with Crippen LogP contribution in [0.1, 0.15) is 5.69 Å². The summed E-state index contributed by atoms with van der Waals surface area (Å²) in [6, 6.07) is 17.2. The number of urea groups is 1. The van der Waals surface area contributed by atoms with E-state index in [1.807, 2.05) is 61.5 Å². The average Bonchev–Trinajstić information content (AvgIpc) is 2.50. The highest BCUT2D eigenvalue weighted by Crippen LogP contribution is 2.23. The van der Waals surface area contributed by atoms with Gasteiger partial charge in [0.15, 0.2) is 0 Å². The molecule has 0 spiro atoms. The van der Waals surface area contributed by atoms with E-state index in [0.29, 0.717) is 5.69 Å². The van der Waals surface area contributed by atoms with Gasteiger partial charge in [0.05, 0.1) is 17.6 Å². The Morgan fingerprint density at radius 1 is 0.952 bits per heavy atom. The van der Waals surface area contributed by atoms with E-state index in [1.54, 1.807) is 6.20 Å². The number of rotatable bonds is 2. The third-order valence-electron chi connectivity index (χ3n) is 3.21. The molecule has 0 aliphatic carbocycles. The Morgan fingerprint density at radius 2 is 1.76 bits per heavy atom. The Balaban J connectivity index is 1.79. The second-order valence-electron chi connectivity index (χ2n) is 4.79. The molecule has 0 unspecified atom stereocenters. The van der Waals surface area contributed by atoms with Crippen molar-refractivity contribution in [1.82, 2.24) is 4.98 Å². The van der Waals surface area contributed by atoms with Gasteiger partial charge in [0.25, 0.3) is 0 Å². The Morgan fingerprint density at radius 3 is 2.57 bits per heavy atom. The zero-order valence-corrected chi connectivity index (χ0v) is 11.6. The number of carbonyl (C=O) groups excluding carboxylic acids is 1. The van der Waals surface area contributed by atoms with E-state index in [-0.39, 0.29) is 6.03 Å². The Kier molecular flexibility index (Phi) is 3.51. The molecule has 0 radical (unpaired) electrons. The standard InChI is InChI=1S/C17H15N3O/c1-12-9-10-14(11-18-12)19-17(21)20-16-8-4-6-13-5-2-3-7-15(13)16/h2-11H,1H3,(H2,19,20,21). The fourth-order valence-corrected chi connectivity index (χ4v) is 2.16. The summed E-state index contributed by atoms with van der Waals surface area (Å²) in [6.07, 6.45) is 1.64. The molecule has 3 rings (SSSR count). The molecule has 2 amide bonds. The fraction of sp³-hybridized carbons (Fsp3) is 0.0588. The van der Waals surface area contributed by atoms with Crippen LogP contribution in [0, 0.1) is 6.92 Å². The Bertz CT molecular complexity index is 776. The van der Waals surface area contributed by atoms with Gasteiger partial charge < -0.3 is 10.6 Å². The fourth-order valence-electron chi connectivity index (χ4n) is 2.16. The van der Waals surface area contributed by atoms with Crippen LogP contribution in [0.15, 0.2) is 60.8 Å². The van der Waals surface area contributed by atoms with Crippen LogP contribution in [0.4, 0.5) is 16.2 Å². The van der Waals surface area contributed by atoms with E-state index < -0.39 is 0 Å². The van der Waals surface area contributed by atoms with Crippen molar-refractivity contribution < 1.29 is 4.79 Å². The number of carbonyl (C=O) groups is 1. The Hall–Kier alpha value is -2.88. The lowest BCUT2D eigenvalue weighted by molar-refractivity contribution is 0.262.